The Kier molecular flexibility index (Phi) is 5.18. The van der Waals surface area contributed by atoms with Crippen molar-refractivity contribution in [2.75, 3.05) is 13.7 Å². The lowest BCUT2D eigenvalue weighted by Gasteiger charge is -2.20. The van der Waals surface area contributed by atoms with E-state index < -0.39 is 0 Å². The number of likely N-dealkylation sites (N-methyl/N-ethyl adjacent to an activating group) is 1. The molecule has 0 aliphatic heterocycles. The highest BCUT2D eigenvalue weighted by molar-refractivity contribution is 5.30. The van der Waals surface area contributed by atoms with Crippen molar-refractivity contribution in [1.29, 1.82) is 0 Å². The molecule has 0 bridgehead atoms. The lowest BCUT2D eigenvalue weighted by molar-refractivity contribution is 0.411. The predicted molar refractivity (Wildman–Crippen MR) is 81.0 cm³/mol. The van der Waals surface area contributed by atoms with E-state index in [4.69, 9.17) is 4.74 Å². The van der Waals surface area contributed by atoms with Crippen molar-refractivity contribution in [3.63, 3.8) is 0 Å². The van der Waals surface area contributed by atoms with E-state index in [0.29, 0.717) is 0 Å². The first-order chi connectivity index (χ1) is 9.78. The maximum atomic E-state index is 5.32. The summed E-state index contributed by atoms with van der Waals surface area (Å²) in [4.78, 5) is 4.39. The van der Waals surface area contributed by atoms with E-state index >= 15 is 0 Å². The van der Waals surface area contributed by atoms with Crippen LogP contribution in [-0.4, -0.2) is 23.2 Å². The normalized spacial score (nSPS) is 12.3. The molecular weight excluding hydrogens is 250 g/mol. The lowest BCUT2D eigenvalue weighted by atomic mass is 10.1. The Morgan fingerprint density at radius 2 is 2.20 bits per heavy atom. The molecule has 20 heavy (non-hydrogen) atoms. The molecule has 1 N–H and O–H groups in total. The van der Waals surface area contributed by atoms with Crippen LogP contribution < -0.4 is 10.1 Å². The number of benzene rings is 1. The molecule has 0 saturated heterocycles. The van der Waals surface area contributed by atoms with Crippen LogP contribution in [0.1, 0.15) is 31.3 Å². The predicted octanol–water partition coefficient (Wildman–Crippen LogP) is 2.80. The Hall–Kier alpha value is -1.81. The van der Waals surface area contributed by atoms with Crippen molar-refractivity contribution < 1.29 is 4.74 Å². The molecule has 0 amide bonds. The third kappa shape index (κ3) is 3.39. The SMILES string of the molecule is CCNC(Cn1ccnc1CC)c1cccc(OC)c1. The van der Waals surface area contributed by atoms with Gasteiger partial charge in [0.1, 0.15) is 11.6 Å². The molecule has 1 unspecified atom stereocenters. The number of imidazole rings is 1. The van der Waals surface area contributed by atoms with Crippen molar-refractivity contribution in [2.24, 2.45) is 0 Å². The summed E-state index contributed by atoms with van der Waals surface area (Å²) in [6.45, 7) is 6.07. The van der Waals surface area contributed by atoms with Crippen LogP contribution in [0.25, 0.3) is 0 Å². The molecule has 2 rings (SSSR count). The Morgan fingerprint density at radius 3 is 2.90 bits per heavy atom. The minimum absolute atomic E-state index is 0.259. The summed E-state index contributed by atoms with van der Waals surface area (Å²) in [6.07, 6.45) is 4.86. The fourth-order valence-electron chi connectivity index (χ4n) is 2.41. The van der Waals surface area contributed by atoms with Gasteiger partial charge in [-0.1, -0.05) is 26.0 Å². The van der Waals surface area contributed by atoms with Crippen molar-refractivity contribution in [1.82, 2.24) is 14.9 Å². The molecule has 1 heterocycles. The topological polar surface area (TPSA) is 39.1 Å². The molecule has 0 aliphatic carbocycles. The largest absolute Gasteiger partial charge is 0.497 e. The average Bonchev–Trinajstić information content (AvgIpc) is 2.94. The Balaban J connectivity index is 2.22. The maximum absolute atomic E-state index is 5.32. The van der Waals surface area contributed by atoms with Crippen LogP contribution in [0.2, 0.25) is 0 Å². The van der Waals surface area contributed by atoms with E-state index in [1.165, 1.54) is 5.56 Å². The Labute approximate surface area is 120 Å². The van der Waals surface area contributed by atoms with Gasteiger partial charge in [-0.05, 0) is 24.2 Å². The Morgan fingerprint density at radius 1 is 1.35 bits per heavy atom. The monoisotopic (exact) mass is 273 g/mol. The molecule has 4 heteroatoms. The molecule has 1 atom stereocenters. The van der Waals surface area contributed by atoms with Gasteiger partial charge in [0.2, 0.25) is 0 Å². The summed E-state index contributed by atoms with van der Waals surface area (Å²) in [5, 5.41) is 3.54. The zero-order valence-electron chi connectivity index (χ0n) is 12.5. The summed E-state index contributed by atoms with van der Waals surface area (Å²) in [5.41, 5.74) is 1.24. The first kappa shape index (κ1) is 14.6. The summed E-state index contributed by atoms with van der Waals surface area (Å²) in [6, 6.07) is 8.50. The van der Waals surface area contributed by atoms with E-state index in [9.17, 15) is 0 Å². The zero-order valence-corrected chi connectivity index (χ0v) is 12.5. The second-order valence-electron chi connectivity index (χ2n) is 4.74. The fraction of sp³-hybridized carbons (Fsp3) is 0.438. The fourth-order valence-corrected chi connectivity index (χ4v) is 2.41. The van der Waals surface area contributed by atoms with Gasteiger partial charge < -0.3 is 14.6 Å². The number of methoxy groups -OCH3 is 1. The van der Waals surface area contributed by atoms with Crippen molar-refractivity contribution >= 4 is 0 Å². The van der Waals surface area contributed by atoms with E-state index in [-0.39, 0.29) is 6.04 Å². The number of aromatic nitrogens is 2. The van der Waals surface area contributed by atoms with Crippen LogP contribution in [-0.2, 0) is 13.0 Å². The van der Waals surface area contributed by atoms with Crippen molar-refractivity contribution in [2.45, 2.75) is 32.9 Å². The standard InChI is InChI=1S/C16H23N3O/c1-4-16-18-9-10-19(16)12-15(17-5-2)13-7-6-8-14(11-13)20-3/h6-11,15,17H,4-5,12H2,1-3H3. The van der Waals surface area contributed by atoms with Gasteiger partial charge in [0.25, 0.3) is 0 Å². The van der Waals surface area contributed by atoms with Gasteiger partial charge in [-0.2, -0.15) is 0 Å². The van der Waals surface area contributed by atoms with Crippen LogP contribution in [0.4, 0.5) is 0 Å². The Bertz CT molecular complexity index is 536. The molecule has 0 saturated carbocycles. The number of nitrogens with one attached hydrogen (secondary N) is 1. The first-order valence-corrected chi connectivity index (χ1v) is 7.15. The van der Waals surface area contributed by atoms with Crippen LogP contribution in [0.15, 0.2) is 36.7 Å². The third-order valence-electron chi connectivity index (χ3n) is 3.44. The van der Waals surface area contributed by atoms with Gasteiger partial charge in [-0.3, -0.25) is 0 Å². The van der Waals surface area contributed by atoms with Gasteiger partial charge >= 0.3 is 0 Å². The summed E-state index contributed by atoms with van der Waals surface area (Å²) < 4.78 is 7.53. The quantitative estimate of drug-likeness (QED) is 0.843. The molecule has 0 spiro atoms. The highest BCUT2D eigenvalue weighted by Crippen LogP contribution is 2.21. The van der Waals surface area contributed by atoms with Gasteiger partial charge in [0.15, 0.2) is 0 Å². The van der Waals surface area contributed by atoms with Crippen LogP contribution >= 0.6 is 0 Å². The summed E-state index contributed by atoms with van der Waals surface area (Å²) in [5.74, 6) is 2.02. The number of hydrogen-bond donors (Lipinski definition) is 1. The maximum Gasteiger partial charge on any atom is 0.119 e. The third-order valence-corrected chi connectivity index (χ3v) is 3.44. The van der Waals surface area contributed by atoms with Crippen molar-refractivity contribution in [3.05, 3.63) is 48.0 Å². The van der Waals surface area contributed by atoms with Gasteiger partial charge in [-0.15, -0.1) is 0 Å². The minimum atomic E-state index is 0.259. The lowest BCUT2D eigenvalue weighted by Crippen LogP contribution is -2.25. The highest BCUT2D eigenvalue weighted by Gasteiger charge is 2.13. The molecule has 0 radical (unpaired) electrons. The van der Waals surface area contributed by atoms with Gasteiger partial charge in [0.05, 0.1) is 13.2 Å². The van der Waals surface area contributed by atoms with E-state index in [0.717, 1.165) is 31.1 Å². The summed E-state index contributed by atoms with van der Waals surface area (Å²) >= 11 is 0. The molecule has 0 fully saturated rings. The van der Waals surface area contributed by atoms with Gasteiger partial charge in [-0.25, -0.2) is 4.98 Å². The zero-order chi connectivity index (χ0) is 14.4. The number of hydrogen-bond acceptors (Lipinski definition) is 3. The van der Waals surface area contributed by atoms with Crippen LogP contribution in [0.5, 0.6) is 5.75 Å². The molecule has 1 aromatic carbocycles. The van der Waals surface area contributed by atoms with E-state index in [2.05, 4.69) is 40.8 Å². The van der Waals surface area contributed by atoms with Crippen LogP contribution in [0.3, 0.4) is 0 Å². The second kappa shape index (κ2) is 7.10. The minimum Gasteiger partial charge on any atom is -0.497 e. The summed E-state index contributed by atoms with van der Waals surface area (Å²) in [7, 11) is 1.70. The number of ether oxygens (including phenoxy) is 1. The molecule has 2 aromatic rings. The molecule has 1 aromatic heterocycles. The van der Waals surface area contributed by atoms with Crippen LogP contribution in [0, 0.1) is 0 Å². The van der Waals surface area contributed by atoms with E-state index in [1.807, 2.05) is 24.5 Å². The molecule has 0 aliphatic rings. The highest BCUT2D eigenvalue weighted by atomic mass is 16.5. The van der Waals surface area contributed by atoms with Gasteiger partial charge in [0, 0.05) is 25.4 Å². The first-order valence-electron chi connectivity index (χ1n) is 7.15. The number of aryl methyl sites for hydroxylation is 1. The average molecular weight is 273 g/mol. The molecule has 108 valence electrons. The number of nitrogens with zero attached hydrogens (tertiary/aromatic N) is 2. The number of rotatable bonds is 7. The second-order valence-corrected chi connectivity index (χ2v) is 4.74. The molecule has 4 nitrogen and oxygen atoms in total. The molecular formula is C16H23N3O. The van der Waals surface area contributed by atoms with E-state index in [1.54, 1.807) is 7.11 Å². The van der Waals surface area contributed by atoms with Crippen molar-refractivity contribution in [3.8, 4) is 5.75 Å². The smallest absolute Gasteiger partial charge is 0.119 e.